The number of imidazole rings is 1. The Balaban J connectivity index is 1.22. The van der Waals surface area contributed by atoms with E-state index in [4.69, 9.17) is 9.72 Å². The van der Waals surface area contributed by atoms with Gasteiger partial charge in [0, 0.05) is 35.8 Å². The first-order chi connectivity index (χ1) is 19.3. The van der Waals surface area contributed by atoms with Gasteiger partial charge in [-0.1, -0.05) is 6.92 Å². The Morgan fingerprint density at radius 1 is 1.07 bits per heavy atom. The Morgan fingerprint density at radius 3 is 2.58 bits per heavy atom. The summed E-state index contributed by atoms with van der Waals surface area (Å²) in [5.74, 6) is 2.73. The lowest BCUT2D eigenvalue weighted by Gasteiger charge is -2.38. The second kappa shape index (κ2) is 10.0. The third kappa shape index (κ3) is 4.59. The monoisotopic (exact) mass is 546 g/mol. The van der Waals surface area contributed by atoms with Crippen LogP contribution in [0.3, 0.4) is 0 Å². The number of alkyl halides is 2. The van der Waals surface area contributed by atoms with Gasteiger partial charge in [0.05, 0.1) is 35.3 Å². The molecule has 1 aromatic carbocycles. The SMILES string of the molecule is CCOc1ccc(-c2[nH]c(C3(C)CCN(c4ncnc5[nH]c(-c6cnn(C(F)F)c6)cc45)CC3)nc2C)cc1C. The van der Waals surface area contributed by atoms with Crippen molar-refractivity contribution in [2.45, 2.75) is 52.5 Å². The van der Waals surface area contributed by atoms with E-state index in [1.165, 1.54) is 18.7 Å². The lowest BCUT2D eigenvalue weighted by atomic mass is 9.79. The van der Waals surface area contributed by atoms with Crippen molar-refractivity contribution in [3.8, 4) is 28.3 Å². The van der Waals surface area contributed by atoms with Crippen molar-refractivity contribution in [3.05, 3.63) is 60.1 Å². The zero-order valence-electron chi connectivity index (χ0n) is 23.0. The van der Waals surface area contributed by atoms with Crippen LogP contribution < -0.4 is 9.64 Å². The lowest BCUT2D eigenvalue weighted by Crippen LogP contribution is -2.42. The van der Waals surface area contributed by atoms with E-state index in [2.05, 4.69) is 55.9 Å². The van der Waals surface area contributed by atoms with Crippen LogP contribution >= 0.6 is 0 Å². The number of ether oxygens (including phenoxy) is 1. The average Bonchev–Trinajstić information content (AvgIpc) is 3.68. The van der Waals surface area contributed by atoms with Crippen LogP contribution in [0.4, 0.5) is 14.6 Å². The van der Waals surface area contributed by atoms with Gasteiger partial charge in [-0.3, -0.25) is 0 Å². The first-order valence-electron chi connectivity index (χ1n) is 13.5. The highest BCUT2D eigenvalue weighted by Crippen LogP contribution is 2.38. The minimum Gasteiger partial charge on any atom is -0.494 e. The number of anilines is 1. The van der Waals surface area contributed by atoms with Crippen molar-refractivity contribution in [2.75, 3.05) is 24.6 Å². The number of nitrogens with one attached hydrogen (secondary N) is 2. The highest BCUT2D eigenvalue weighted by molar-refractivity contribution is 5.91. The molecule has 1 fully saturated rings. The van der Waals surface area contributed by atoms with Crippen LogP contribution in [-0.4, -0.2) is 54.4 Å². The van der Waals surface area contributed by atoms with Crippen molar-refractivity contribution in [1.82, 2.24) is 34.7 Å². The summed E-state index contributed by atoms with van der Waals surface area (Å²) in [5, 5.41) is 4.60. The number of hydrogen-bond acceptors (Lipinski definition) is 6. The molecular weight excluding hydrogens is 514 g/mol. The van der Waals surface area contributed by atoms with Crippen LogP contribution in [0.25, 0.3) is 33.5 Å². The Labute approximate surface area is 230 Å². The van der Waals surface area contributed by atoms with E-state index in [0.29, 0.717) is 28.2 Å². The smallest absolute Gasteiger partial charge is 0.333 e. The molecule has 0 bridgehead atoms. The van der Waals surface area contributed by atoms with Crippen molar-refractivity contribution in [3.63, 3.8) is 0 Å². The number of nitrogens with zero attached hydrogens (tertiary/aromatic N) is 6. The molecule has 6 rings (SSSR count). The second-order valence-corrected chi connectivity index (χ2v) is 10.6. The normalized spacial score (nSPS) is 15.3. The molecule has 1 aliphatic rings. The number of benzene rings is 1. The van der Waals surface area contributed by atoms with Crippen LogP contribution in [0.5, 0.6) is 5.75 Å². The number of fused-ring (bicyclic) bond motifs is 1. The number of H-pyrrole nitrogens is 2. The molecule has 4 aromatic heterocycles. The summed E-state index contributed by atoms with van der Waals surface area (Å²) in [7, 11) is 0. The molecule has 0 unspecified atom stereocenters. The number of piperidine rings is 1. The van der Waals surface area contributed by atoms with E-state index < -0.39 is 6.55 Å². The molecule has 0 amide bonds. The predicted octanol–water partition coefficient (Wildman–Crippen LogP) is 6.18. The fourth-order valence-electron chi connectivity index (χ4n) is 5.52. The largest absolute Gasteiger partial charge is 0.494 e. The Bertz CT molecular complexity index is 1660. The Morgan fingerprint density at radius 2 is 1.88 bits per heavy atom. The lowest BCUT2D eigenvalue weighted by molar-refractivity contribution is 0.0566. The summed E-state index contributed by atoms with van der Waals surface area (Å²) in [5.41, 5.74) is 6.02. The number of aromatic amines is 2. The molecular formula is C29H32F2N8O. The van der Waals surface area contributed by atoms with Crippen LogP contribution in [0, 0.1) is 13.8 Å². The van der Waals surface area contributed by atoms with E-state index in [0.717, 1.165) is 71.2 Å². The Hall–Kier alpha value is -4.28. The van der Waals surface area contributed by atoms with Crippen molar-refractivity contribution >= 4 is 16.9 Å². The number of hydrogen-bond donors (Lipinski definition) is 2. The third-order valence-corrected chi connectivity index (χ3v) is 7.90. The van der Waals surface area contributed by atoms with Gasteiger partial charge in [-0.2, -0.15) is 13.9 Å². The molecule has 5 heterocycles. The molecule has 0 radical (unpaired) electrons. The molecule has 0 atom stereocenters. The number of aryl methyl sites for hydroxylation is 2. The molecule has 0 aliphatic carbocycles. The van der Waals surface area contributed by atoms with Crippen LogP contribution in [-0.2, 0) is 5.41 Å². The zero-order chi connectivity index (χ0) is 28.0. The van der Waals surface area contributed by atoms with Gasteiger partial charge in [0.25, 0.3) is 0 Å². The van der Waals surface area contributed by atoms with Crippen LogP contribution in [0.1, 0.15) is 50.3 Å². The quantitative estimate of drug-likeness (QED) is 0.253. The van der Waals surface area contributed by atoms with Gasteiger partial charge in [-0.25, -0.2) is 19.6 Å². The molecule has 208 valence electrons. The van der Waals surface area contributed by atoms with Gasteiger partial charge in [0.15, 0.2) is 0 Å². The minimum absolute atomic E-state index is 0.112. The van der Waals surface area contributed by atoms with Crippen LogP contribution in [0.15, 0.2) is 43.0 Å². The topological polar surface area (TPSA) is 101 Å². The van der Waals surface area contributed by atoms with Crippen molar-refractivity contribution in [2.24, 2.45) is 0 Å². The number of aromatic nitrogens is 7. The first kappa shape index (κ1) is 26.0. The summed E-state index contributed by atoms with van der Waals surface area (Å²) >= 11 is 0. The maximum absolute atomic E-state index is 13.0. The van der Waals surface area contributed by atoms with Gasteiger partial charge in [-0.05, 0) is 63.4 Å². The summed E-state index contributed by atoms with van der Waals surface area (Å²) in [4.78, 5) is 23.1. The first-order valence-corrected chi connectivity index (χ1v) is 13.5. The molecule has 1 saturated heterocycles. The maximum atomic E-state index is 13.0. The molecule has 11 heteroatoms. The number of halogens is 2. The second-order valence-electron chi connectivity index (χ2n) is 10.6. The summed E-state index contributed by atoms with van der Waals surface area (Å²) in [6, 6.07) is 8.15. The summed E-state index contributed by atoms with van der Waals surface area (Å²) in [6.07, 6.45) is 6.07. The van der Waals surface area contributed by atoms with Gasteiger partial charge < -0.3 is 19.6 Å². The van der Waals surface area contributed by atoms with E-state index >= 15 is 0 Å². The molecule has 0 spiro atoms. The standard InChI is InChI=1S/C29H32F2N8O/c1-5-40-23-7-6-19(12-17(23)2)24-18(3)35-27(37-24)29(4)8-10-38(11-9-29)26-21-13-22(36-25(21)32-16-33-26)20-14-34-39(15-20)28(30)31/h6-7,12-16,28H,5,8-11H2,1-4H3,(H,35,37)(H,32,33,36). The third-order valence-electron chi connectivity index (χ3n) is 7.90. The maximum Gasteiger partial charge on any atom is 0.333 e. The van der Waals surface area contributed by atoms with E-state index in [1.807, 2.05) is 26.0 Å². The zero-order valence-corrected chi connectivity index (χ0v) is 23.0. The molecule has 40 heavy (non-hydrogen) atoms. The van der Waals surface area contributed by atoms with Gasteiger partial charge in [-0.15, -0.1) is 0 Å². The summed E-state index contributed by atoms with van der Waals surface area (Å²) < 4.78 is 32.4. The average molecular weight is 547 g/mol. The Kier molecular flexibility index (Phi) is 6.52. The summed E-state index contributed by atoms with van der Waals surface area (Å²) in [6.45, 7) is 7.91. The van der Waals surface area contributed by atoms with Crippen molar-refractivity contribution in [1.29, 1.82) is 0 Å². The van der Waals surface area contributed by atoms with Gasteiger partial charge in [0.1, 0.15) is 29.4 Å². The fourth-order valence-corrected chi connectivity index (χ4v) is 5.52. The molecule has 1 aliphatic heterocycles. The van der Waals surface area contributed by atoms with E-state index in [9.17, 15) is 8.78 Å². The highest BCUT2D eigenvalue weighted by Gasteiger charge is 2.36. The molecule has 2 N–H and O–H groups in total. The van der Waals surface area contributed by atoms with Gasteiger partial charge >= 0.3 is 6.55 Å². The minimum atomic E-state index is -2.68. The van der Waals surface area contributed by atoms with E-state index in [1.54, 1.807) is 0 Å². The van der Waals surface area contributed by atoms with E-state index in [-0.39, 0.29) is 5.41 Å². The van der Waals surface area contributed by atoms with Crippen LogP contribution in [0.2, 0.25) is 0 Å². The molecule has 0 saturated carbocycles. The predicted molar refractivity (Wildman–Crippen MR) is 150 cm³/mol. The number of rotatable bonds is 7. The van der Waals surface area contributed by atoms with Crippen molar-refractivity contribution < 1.29 is 13.5 Å². The van der Waals surface area contributed by atoms with Gasteiger partial charge in [0.2, 0.25) is 0 Å². The fraction of sp³-hybridized carbons (Fsp3) is 0.379. The highest BCUT2D eigenvalue weighted by atomic mass is 19.3. The molecule has 9 nitrogen and oxygen atoms in total. The molecule has 5 aromatic rings.